The second-order valence-electron chi connectivity index (χ2n) is 11.2. The van der Waals surface area contributed by atoms with Gasteiger partial charge in [0.2, 0.25) is 11.8 Å². The van der Waals surface area contributed by atoms with Crippen LogP contribution in [0.25, 0.3) is 0 Å². The standard InChI is InChI=1S/C34H42ClN3O5S/c1-4-32(34(40)36-28-9-7-6-8-10-28)37(23-26-13-15-27(35)16-14-26)33(39)24-38(29-17-11-25(3)12-18-29)44(41,42)31-21-19-30(20-22-31)43-5-2/h11-22,28,32H,4-10,23-24H2,1-3H3,(H,36,40)/t32-/m1/s1. The van der Waals surface area contributed by atoms with Crippen LogP contribution in [0.15, 0.2) is 77.7 Å². The molecule has 4 rings (SSSR count). The Bertz CT molecular complexity index is 1490. The van der Waals surface area contributed by atoms with Crippen LogP contribution in [0.2, 0.25) is 5.02 Å². The number of rotatable bonds is 13. The molecule has 10 heteroatoms. The molecule has 1 fully saturated rings. The van der Waals surface area contributed by atoms with Gasteiger partial charge in [0.1, 0.15) is 18.3 Å². The van der Waals surface area contributed by atoms with E-state index in [0.29, 0.717) is 29.5 Å². The highest BCUT2D eigenvalue weighted by Crippen LogP contribution is 2.27. The predicted molar refractivity (Wildman–Crippen MR) is 174 cm³/mol. The maximum absolute atomic E-state index is 14.3. The van der Waals surface area contributed by atoms with Crippen LogP contribution in [-0.4, -0.2) is 50.4 Å². The lowest BCUT2D eigenvalue weighted by Crippen LogP contribution is -2.54. The molecule has 0 spiro atoms. The molecule has 0 bridgehead atoms. The minimum absolute atomic E-state index is 0.0284. The van der Waals surface area contributed by atoms with Crippen LogP contribution in [0.3, 0.4) is 0 Å². The molecule has 1 N–H and O–H groups in total. The second kappa shape index (κ2) is 15.4. The minimum atomic E-state index is -4.17. The summed E-state index contributed by atoms with van der Waals surface area (Å²) in [5.74, 6) is -0.160. The number of aryl methyl sites for hydroxylation is 1. The van der Waals surface area contributed by atoms with E-state index in [1.807, 2.05) is 32.9 Å². The van der Waals surface area contributed by atoms with Crippen molar-refractivity contribution in [2.45, 2.75) is 82.8 Å². The number of halogens is 1. The van der Waals surface area contributed by atoms with Gasteiger partial charge in [-0.15, -0.1) is 0 Å². The summed E-state index contributed by atoms with van der Waals surface area (Å²) in [6.45, 7) is 5.71. The van der Waals surface area contributed by atoms with Gasteiger partial charge in [0.15, 0.2) is 0 Å². The number of hydrogen-bond donors (Lipinski definition) is 1. The third kappa shape index (κ3) is 8.54. The Balaban J connectivity index is 1.69. The van der Waals surface area contributed by atoms with Crippen LogP contribution in [0.1, 0.15) is 63.5 Å². The van der Waals surface area contributed by atoms with Crippen LogP contribution in [0.4, 0.5) is 5.69 Å². The SMILES string of the molecule is CCOc1ccc(S(=O)(=O)N(CC(=O)N(Cc2ccc(Cl)cc2)[C@H](CC)C(=O)NC2CCCCC2)c2ccc(C)cc2)cc1. The molecule has 0 unspecified atom stereocenters. The number of amides is 2. The summed E-state index contributed by atoms with van der Waals surface area (Å²) < 4.78 is 34.8. The highest BCUT2D eigenvalue weighted by molar-refractivity contribution is 7.92. The number of carbonyl (C=O) groups is 2. The number of benzene rings is 3. The van der Waals surface area contributed by atoms with Gasteiger partial charge in [-0.3, -0.25) is 13.9 Å². The van der Waals surface area contributed by atoms with Crippen molar-refractivity contribution in [1.29, 1.82) is 0 Å². The number of hydrogen-bond acceptors (Lipinski definition) is 5. The fourth-order valence-electron chi connectivity index (χ4n) is 5.49. The number of nitrogens with one attached hydrogen (secondary N) is 1. The Hall–Kier alpha value is -3.56. The van der Waals surface area contributed by atoms with E-state index in [4.69, 9.17) is 16.3 Å². The number of anilines is 1. The van der Waals surface area contributed by atoms with Gasteiger partial charge >= 0.3 is 0 Å². The minimum Gasteiger partial charge on any atom is -0.494 e. The van der Waals surface area contributed by atoms with Crippen LogP contribution in [-0.2, 0) is 26.2 Å². The van der Waals surface area contributed by atoms with Crippen LogP contribution in [0, 0.1) is 6.92 Å². The molecular weight excluding hydrogens is 598 g/mol. The average Bonchev–Trinajstić information content (AvgIpc) is 3.02. The van der Waals surface area contributed by atoms with Gasteiger partial charge in [-0.2, -0.15) is 0 Å². The summed E-state index contributed by atoms with van der Waals surface area (Å²) in [6, 6.07) is 19.5. The summed E-state index contributed by atoms with van der Waals surface area (Å²) in [7, 11) is -4.17. The molecule has 1 aliphatic rings. The van der Waals surface area contributed by atoms with E-state index in [9.17, 15) is 18.0 Å². The lowest BCUT2D eigenvalue weighted by Gasteiger charge is -2.34. The zero-order chi connectivity index (χ0) is 31.7. The summed E-state index contributed by atoms with van der Waals surface area (Å²) in [6.07, 6.45) is 5.47. The van der Waals surface area contributed by atoms with Crippen molar-refractivity contribution in [1.82, 2.24) is 10.2 Å². The van der Waals surface area contributed by atoms with Gasteiger partial charge in [0, 0.05) is 17.6 Å². The molecular formula is C34H42ClN3O5S. The summed E-state index contributed by atoms with van der Waals surface area (Å²) in [5, 5.41) is 3.72. The van der Waals surface area contributed by atoms with Gasteiger partial charge in [-0.05, 0) is 87.2 Å². The fourth-order valence-corrected chi connectivity index (χ4v) is 7.03. The van der Waals surface area contributed by atoms with Gasteiger partial charge in [-0.1, -0.05) is 67.6 Å². The van der Waals surface area contributed by atoms with E-state index in [0.717, 1.165) is 47.5 Å². The van der Waals surface area contributed by atoms with Crippen molar-refractivity contribution in [2.75, 3.05) is 17.5 Å². The Morgan fingerprint density at radius 1 is 0.932 bits per heavy atom. The highest BCUT2D eigenvalue weighted by Gasteiger charge is 2.34. The van der Waals surface area contributed by atoms with E-state index >= 15 is 0 Å². The Kier molecular flexibility index (Phi) is 11.7. The molecule has 8 nitrogen and oxygen atoms in total. The number of ether oxygens (including phenoxy) is 1. The molecule has 3 aromatic carbocycles. The van der Waals surface area contributed by atoms with E-state index in [-0.39, 0.29) is 23.4 Å². The summed E-state index contributed by atoms with van der Waals surface area (Å²) in [5.41, 5.74) is 2.08. The van der Waals surface area contributed by atoms with Crippen LogP contribution in [0.5, 0.6) is 5.75 Å². The van der Waals surface area contributed by atoms with Gasteiger partial charge in [0.05, 0.1) is 17.2 Å². The lowest BCUT2D eigenvalue weighted by atomic mass is 9.95. The lowest BCUT2D eigenvalue weighted by molar-refractivity contribution is -0.140. The maximum Gasteiger partial charge on any atom is 0.264 e. The van der Waals surface area contributed by atoms with Crippen molar-refractivity contribution >= 4 is 39.1 Å². The van der Waals surface area contributed by atoms with Gasteiger partial charge in [0.25, 0.3) is 10.0 Å². The molecule has 236 valence electrons. The largest absolute Gasteiger partial charge is 0.494 e. The zero-order valence-corrected chi connectivity index (χ0v) is 27.2. The van der Waals surface area contributed by atoms with E-state index in [1.54, 1.807) is 48.5 Å². The summed E-state index contributed by atoms with van der Waals surface area (Å²) >= 11 is 6.12. The van der Waals surface area contributed by atoms with E-state index < -0.39 is 28.5 Å². The molecule has 1 saturated carbocycles. The third-order valence-corrected chi connectivity index (χ3v) is 9.97. The fraction of sp³-hybridized carbons (Fsp3) is 0.412. The van der Waals surface area contributed by atoms with Crippen molar-refractivity contribution < 1.29 is 22.7 Å². The van der Waals surface area contributed by atoms with Crippen molar-refractivity contribution in [3.05, 3.63) is 88.9 Å². The highest BCUT2D eigenvalue weighted by atomic mass is 35.5. The van der Waals surface area contributed by atoms with Gasteiger partial charge in [-0.25, -0.2) is 8.42 Å². The third-order valence-electron chi connectivity index (χ3n) is 7.93. The average molecular weight is 640 g/mol. The van der Waals surface area contributed by atoms with Crippen molar-refractivity contribution in [3.8, 4) is 5.75 Å². The molecule has 3 aromatic rings. The molecule has 0 radical (unpaired) electrons. The molecule has 0 aliphatic heterocycles. The van der Waals surface area contributed by atoms with Crippen LogP contribution >= 0.6 is 11.6 Å². The smallest absolute Gasteiger partial charge is 0.264 e. The molecule has 1 aliphatic carbocycles. The first kappa shape index (κ1) is 33.3. The summed E-state index contributed by atoms with van der Waals surface area (Å²) in [4.78, 5) is 29.5. The zero-order valence-electron chi connectivity index (χ0n) is 25.7. The molecule has 0 aromatic heterocycles. The van der Waals surface area contributed by atoms with E-state index in [2.05, 4.69) is 5.32 Å². The monoisotopic (exact) mass is 639 g/mol. The molecule has 44 heavy (non-hydrogen) atoms. The first-order chi connectivity index (χ1) is 21.1. The second-order valence-corrected chi connectivity index (χ2v) is 13.5. The molecule has 1 atom stereocenters. The Morgan fingerprint density at radius 3 is 2.16 bits per heavy atom. The van der Waals surface area contributed by atoms with Crippen molar-refractivity contribution in [3.63, 3.8) is 0 Å². The van der Waals surface area contributed by atoms with Gasteiger partial charge < -0.3 is 15.0 Å². The first-order valence-electron chi connectivity index (χ1n) is 15.3. The maximum atomic E-state index is 14.3. The Labute approximate surface area is 266 Å². The van der Waals surface area contributed by atoms with Crippen LogP contribution < -0.4 is 14.4 Å². The number of sulfonamides is 1. The molecule has 2 amide bonds. The number of carbonyl (C=O) groups excluding carboxylic acids is 2. The topological polar surface area (TPSA) is 96.0 Å². The van der Waals surface area contributed by atoms with E-state index in [1.165, 1.54) is 17.0 Å². The Morgan fingerprint density at radius 2 is 1.57 bits per heavy atom. The normalized spacial score (nSPS) is 14.5. The quantitative estimate of drug-likeness (QED) is 0.230. The van der Waals surface area contributed by atoms with Crippen molar-refractivity contribution in [2.24, 2.45) is 0 Å². The first-order valence-corrected chi connectivity index (χ1v) is 17.1. The molecule has 0 saturated heterocycles. The number of nitrogens with zero attached hydrogens (tertiary/aromatic N) is 2. The predicted octanol–water partition coefficient (Wildman–Crippen LogP) is 6.50. The molecule has 0 heterocycles.